The molecular weight excluding hydrogens is 328 g/mol. The number of hydrogen-bond acceptors (Lipinski definition) is 4. The van der Waals surface area contributed by atoms with Gasteiger partial charge in [0.2, 0.25) is 5.78 Å². The van der Waals surface area contributed by atoms with Crippen LogP contribution in [0.15, 0.2) is 57.7 Å². The van der Waals surface area contributed by atoms with Gasteiger partial charge in [0.1, 0.15) is 11.3 Å². The van der Waals surface area contributed by atoms with E-state index >= 15 is 0 Å². The summed E-state index contributed by atoms with van der Waals surface area (Å²) >= 11 is 6.25. The predicted molar refractivity (Wildman–Crippen MR) is 93.1 cm³/mol. The monoisotopic (exact) mass is 342 g/mol. The first-order valence-corrected chi connectivity index (χ1v) is 7.83. The van der Waals surface area contributed by atoms with Gasteiger partial charge in [-0.05, 0) is 25.5 Å². The van der Waals surface area contributed by atoms with E-state index in [1.165, 1.54) is 6.07 Å². The third-order valence-corrected chi connectivity index (χ3v) is 4.03. The summed E-state index contributed by atoms with van der Waals surface area (Å²) in [6.07, 6.45) is -0.723. The largest absolute Gasteiger partial charge is 0.481 e. The van der Waals surface area contributed by atoms with Crippen molar-refractivity contribution in [3.05, 3.63) is 75.1 Å². The molecule has 0 N–H and O–H groups in total. The van der Waals surface area contributed by atoms with E-state index in [0.29, 0.717) is 21.9 Å². The van der Waals surface area contributed by atoms with Crippen molar-refractivity contribution < 1.29 is 13.9 Å². The Bertz CT molecular complexity index is 960. The van der Waals surface area contributed by atoms with E-state index in [1.54, 1.807) is 50.2 Å². The van der Waals surface area contributed by atoms with Crippen LogP contribution in [-0.4, -0.2) is 11.9 Å². The second-order valence-corrected chi connectivity index (χ2v) is 5.92. The third-order valence-electron chi connectivity index (χ3n) is 3.74. The molecule has 0 aliphatic rings. The molecule has 0 radical (unpaired) electrons. The van der Waals surface area contributed by atoms with Gasteiger partial charge in [0, 0.05) is 23.1 Å². The number of carbonyl (C=O) groups excluding carboxylic acids is 1. The summed E-state index contributed by atoms with van der Waals surface area (Å²) in [5, 5.41) is 1.08. The van der Waals surface area contributed by atoms with E-state index in [1.807, 2.05) is 6.07 Å². The smallest absolute Gasteiger partial charge is 0.336 e. The first kappa shape index (κ1) is 16.3. The summed E-state index contributed by atoms with van der Waals surface area (Å²) < 4.78 is 10.9. The Morgan fingerprint density at radius 2 is 1.88 bits per heavy atom. The Kier molecular flexibility index (Phi) is 4.40. The number of Topliss-reactive ketones (excluding diaryl/α,β-unsaturated/α-hetero) is 1. The van der Waals surface area contributed by atoms with E-state index in [9.17, 15) is 9.59 Å². The minimum Gasteiger partial charge on any atom is -0.481 e. The van der Waals surface area contributed by atoms with Gasteiger partial charge in [0.25, 0.3) is 0 Å². The lowest BCUT2D eigenvalue weighted by Gasteiger charge is -2.15. The molecule has 1 heterocycles. The van der Waals surface area contributed by atoms with Crippen LogP contribution in [0.3, 0.4) is 0 Å². The highest BCUT2D eigenvalue weighted by Gasteiger charge is 2.19. The first-order chi connectivity index (χ1) is 11.5. The molecule has 1 aromatic heterocycles. The van der Waals surface area contributed by atoms with Gasteiger partial charge in [-0.25, -0.2) is 4.79 Å². The highest BCUT2D eigenvalue weighted by molar-refractivity contribution is 6.32. The molecule has 5 heteroatoms. The number of hydrogen-bond donors (Lipinski definition) is 0. The van der Waals surface area contributed by atoms with Gasteiger partial charge in [-0.15, -0.1) is 0 Å². The summed E-state index contributed by atoms with van der Waals surface area (Å²) in [6.45, 7) is 3.46. The predicted octanol–water partition coefficient (Wildman–Crippen LogP) is 4.41. The standard InChI is InChI=1S/C19H15ClO4/c1-11-8-18(21)24-16-10-17(15(20)9-14(11)16)23-12(2)19(22)13-6-4-3-5-7-13/h3-10,12H,1-2H3. The second kappa shape index (κ2) is 6.49. The fourth-order valence-corrected chi connectivity index (χ4v) is 2.70. The van der Waals surface area contributed by atoms with E-state index in [2.05, 4.69) is 0 Å². The van der Waals surface area contributed by atoms with Crippen molar-refractivity contribution in [2.24, 2.45) is 0 Å². The zero-order valence-corrected chi connectivity index (χ0v) is 14.0. The number of carbonyl (C=O) groups is 1. The van der Waals surface area contributed by atoms with Crippen LogP contribution in [0.2, 0.25) is 5.02 Å². The zero-order valence-electron chi connectivity index (χ0n) is 13.2. The fraction of sp³-hybridized carbons (Fsp3) is 0.158. The first-order valence-electron chi connectivity index (χ1n) is 7.45. The lowest BCUT2D eigenvalue weighted by molar-refractivity contribution is 0.0818. The molecule has 2 aromatic carbocycles. The summed E-state index contributed by atoms with van der Waals surface area (Å²) in [5.41, 5.74) is 1.26. The number of benzene rings is 2. The normalized spacial score (nSPS) is 12.1. The lowest BCUT2D eigenvalue weighted by atomic mass is 10.1. The van der Waals surface area contributed by atoms with Crippen LogP contribution in [-0.2, 0) is 0 Å². The van der Waals surface area contributed by atoms with Gasteiger partial charge in [0.05, 0.1) is 5.02 Å². The highest BCUT2D eigenvalue weighted by Crippen LogP contribution is 2.32. The molecule has 24 heavy (non-hydrogen) atoms. The van der Waals surface area contributed by atoms with Crippen molar-refractivity contribution in [2.75, 3.05) is 0 Å². The van der Waals surface area contributed by atoms with Gasteiger partial charge in [-0.1, -0.05) is 41.9 Å². The molecule has 122 valence electrons. The SMILES string of the molecule is Cc1cc(=O)oc2cc(OC(C)C(=O)c3ccccc3)c(Cl)cc12. The van der Waals surface area contributed by atoms with E-state index in [-0.39, 0.29) is 5.78 Å². The van der Waals surface area contributed by atoms with Gasteiger partial charge in [-0.2, -0.15) is 0 Å². The van der Waals surface area contributed by atoms with E-state index < -0.39 is 11.7 Å². The van der Waals surface area contributed by atoms with Crippen LogP contribution in [0.4, 0.5) is 0 Å². The molecule has 0 aliphatic heterocycles. The van der Waals surface area contributed by atoms with Crippen molar-refractivity contribution in [3.63, 3.8) is 0 Å². The number of ketones is 1. The number of halogens is 1. The number of aryl methyl sites for hydroxylation is 1. The highest BCUT2D eigenvalue weighted by atomic mass is 35.5. The molecule has 1 unspecified atom stereocenters. The Hall–Kier alpha value is -2.59. The summed E-state index contributed by atoms with van der Waals surface area (Å²) in [7, 11) is 0. The maximum absolute atomic E-state index is 12.4. The average Bonchev–Trinajstić information content (AvgIpc) is 2.56. The molecule has 0 saturated heterocycles. The Morgan fingerprint density at radius 1 is 1.17 bits per heavy atom. The molecule has 4 nitrogen and oxygen atoms in total. The maximum Gasteiger partial charge on any atom is 0.336 e. The van der Waals surface area contributed by atoms with Crippen LogP contribution in [0, 0.1) is 6.92 Å². The molecular formula is C19H15ClO4. The van der Waals surface area contributed by atoms with Gasteiger partial charge in [0.15, 0.2) is 6.10 Å². The molecule has 0 spiro atoms. The van der Waals surface area contributed by atoms with Crippen LogP contribution in [0.1, 0.15) is 22.8 Å². The second-order valence-electron chi connectivity index (χ2n) is 5.52. The van der Waals surface area contributed by atoms with Crippen LogP contribution >= 0.6 is 11.6 Å². The van der Waals surface area contributed by atoms with Gasteiger partial charge in [-0.3, -0.25) is 4.79 Å². The minimum atomic E-state index is -0.723. The maximum atomic E-state index is 12.4. The van der Waals surface area contributed by atoms with E-state index in [0.717, 1.165) is 10.9 Å². The Morgan fingerprint density at radius 3 is 2.58 bits per heavy atom. The Balaban J connectivity index is 1.93. The van der Waals surface area contributed by atoms with Crippen molar-refractivity contribution in [1.82, 2.24) is 0 Å². The van der Waals surface area contributed by atoms with Gasteiger partial charge < -0.3 is 9.15 Å². The van der Waals surface area contributed by atoms with Crippen LogP contribution in [0.25, 0.3) is 11.0 Å². The molecule has 3 aromatic rings. The molecule has 3 rings (SSSR count). The van der Waals surface area contributed by atoms with Crippen LogP contribution in [0.5, 0.6) is 5.75 Å². The molecule has 0 aliphatic carbocycles. The van der Waals surface area contributed by atoms with Crippen LogP contribution < -0.4 is 10.4 Å². The Labute approximate surface area is 143 Å². The summed E-state index contributed by atoms with van der Waals surface area (Å²) in [6, 6.07) is 13.5. The molecule has 1 atom stereocenters. The quantitative estimate of drug-likeness (QED) is 0.520. The van der Waals surface area contributed by atoms with Gasteiger partial charge >= 0.3 is 5.63 Å². The van der Waals surface area contributed by atoms with Crippen molar-refractivity contribution in [1.29, 1.82) is 0 Å². The van der Waals surface area contributed by atoms with Crippen molar-refractivity contribution in [2.45, 2.75) is 20.0 Å². The van der Waals surface area contributed by atoms with E-state index in [4.69, 9.17) is 20.8 Å². The third kappa shape index (κ3) is 3.19. The molecule has 0 bridgehead atoms. The summed E-state index contributed by atoms with van der Waals surface area (Å²) in [5.74, 6) is 0.146. The average molecular weight is 343 g/mol. The number of rotatable bonds is 4. The van der Waals surface area contributed by atoms with Crippen molar-refractivity contribution in [3.8, 4) is 5.75 Å². The molecule has 0 saturated carbocycles. The molecule has 0 amide bonds. The number of ether oxygens (including phenoxy) is 1. The summed E-state index contributed by atoms with van der Waals surface area (Å²) in [4.78, 5) is 23.9. The number of fused-ring (bicyclic) bond motifs is 1. The van der Waals surface area contributed by atoms with Crippen molar-refractivity contribution >= 4 is 28.4 Å². The topological polar surface area (TPSA) is 56.5 Å². The minimum absolute atomic E-state index is 0.155. The lowest BCUT2D eigenvalue weighted by Crippen LogP contribution is -2.24. The fourth-order valence-electron chi connectivity index (χ4n) is 2.49. The molecule has 0 fully saturated rings. The zero-order chi connectivity index (χ0) is 17.3.